The standard InChI is InChI=1S/C26H29FO4/c1-17(2)8-15-22-23(31-21-6-4-5-7-21)16-19(24(25(22)28)26(29)30-3)12-9-18-10-13-20(27)14-11-18/h8-14,16,21,28H,4-7,15H2,1-3H3/b12-9+. The summed E-state index contributed by atoms with van der Waals surface area (Å²) in [5, 5.41) is 11.1. The third kappa shape index (κ3) is 5.75. The van der Waals surface area contributed by atoms with Gasteiger partial charge in [-0.2, -0.15) is 0 Å². The molecule has 0 heterocycles. The molecule has 0 bridgehead atoms. The number of benzene rings is 2. The highest BCUT2D eigenvalue weighted by molar-refractivity contribution is 5.98. The Morgan fingerprint density at radius 1 is 1.16 bits per heavy atom. The van der Waals surface area contributed by atoms with Gasteiger partial charge in [-0.15, -0.1) is 0 Å². The minimum atomic E-state index is -0.623. The SMILES string of the molecule is COC(=O)c1c(/C=C/c2ccc(F)cc2)cc(OC2CCCC2)c(CC=C(C)C)c1O. The molecule has 0 unspecified atom stereocenters. The second-order valence-corrected chi connectivity index (χ2v) is 8.05. The number of hydrogen-bond acceptors (Lipinski definition) is 4. The van der Waals surface area contributed by atoms with Crippen molar-refractivity contribution in [3.05, 3.63) is 70.1 Å². The van der Waals surface area contributed by atoms with Gasteiger partial charge in [0.05, 0.1) is 13.2 Å². The van der Waals surface area contributed by atoms with Gasteiger partial charge in [-0.3, -0.25) is 0 Å². The van der Waals surface area contributed by atoms with Crippen LogP contribution in [0.25, 0.3) is 12.2 Å². The van der Waals surface area contributed by atoms with Gasteiger partial charge in [0.15, 0.2) is 0 Å². The number of carbonyl (C=O) groups is 1. The molecule has 1 saturated carbocycles. The lowest BCUT2D eigenvalue weighted by Gasteiger charge is -2.20. The fraction of sp³-hybridized carbons (Fsp3) is 0.346. The number of esters is 1. The van der Waals surface area contributed by atoms with Crippen molar-refractivity contribution in [3.8, 4) is 11.5 Å². The summed E-state index contributed by atoms with van der Waals surface area (Å²) in [6.45, 7) is 3.96. The van der Waals surface area contributed by atoms with Crippen LogP contribution in [-0.4, -0.2) is 24.3 Å². The first-order chi connectivity index (χ1) is 14.9. The molecule has 0 amide bonds. The van der Waals surface area contributed by atoms with Crippen LogP contribution in [0.4, 0.5) is 4.39 Å². The van der Waals surface area contributed by atoms with E-state index >= 15 is 0 Å². The highest BCUT2D eigenvalue weighted by Crippen LogP contribution is 2.38. The minimum absolute atomic E-state index is 0.0942. The number of phenols is 1. The van der Waals surface area contributed by atoms with Crippen LogP contribution in [0, 0.1) is 5.82 Å². The van der Waals surface area contributed by atoms with Gasteiger partial charge in [0.2, 0.25) is 0 Å². The van der Waals surface area contributed by atoms with Crippen molar-refractivity contribution in [2.75, 3.05) is 7.11 Å². The molecule has 1 N–H and O–H groups in total. The van der Waals surface area contributed by atoms with E-state index in [4.69, 9.17) is 9.47 Å². The van der Waals surface area contributed by atoms with Gasteiger partial charge in [-0.05, 0) is 75.3 Å². The van der Waals surface area contributed by atoms with Crippen molar-refractivity contribution >= 4 is 18.1 Å². The second kappa shape index (κ2) is 10.3. The Bertz CT molecular complexity index is 979. The van der Waals surface area contributed by atoms with E-state index in [9.17, 15) is 14.3 Å². The third-order valence-corrected chi connectivity index (χ3v) is 5.42. The van der Waals surface area contributed by atoms with Crippen molar-refractivity contribution in [1.82, 2.24) is 0 Å². The molecule has 1 fully saturated rings. The van der Waals surface area contributed by atoms with Crippen LogP contribution in [0.3, 0.4) is 0 Å². The number of ether oxygens (including phenoxy) is 2. The Labute approximate surface area is 183 Å². The largest absolute Gasteiger partial charge is 0.507 e. The summed E-state index contributed by atoms with van der Waals surface area (Å²) in [5.41, 5.74) is 3.03. The molecule has 164 valence electrons. The van der Waals surface area contributed by atoms with Gasteiger partial charge >= 0.3 is 5.97 Å². The van der Waals surface area contributed by atoms with Gasteiger partial charge < -0.3 is 14.6 Å². The molecule has 1 aliphatic carbocycles. The molecular weight excluding hydrogens is 395 g/mol. The van der Waals surface area contributed by atoms with E-state index in [0.717, 1.165) is 36.8 Å². The molecule has 0 spiro atoms. The van der Waals surface area contributed by atoms with Crippen molar-refractivity contribution in [1.29, 1.82) is 0 Å². The zero-order valence-electron chi connectivity index (χ0n) is 18.3. The lowest BCUT2D eigenvalue weighted by Crippen LogP contribution is -2.14. The van der Waals surface area contributed by atoms with E-state index in [1.165, 1.54) is 19.2 Å². The maximum Gasteiger partial charge on any atom is 0.342 e. The Morgan fingerprint density at radius 2 is 1.84 bits per heavy atom. The number of allylic oxidation sites excluding steroid dienone is 2. The second-order valence-electron chi connectivity index (χ2n) is 8.05. The quantitative estimate of drug-likeness (QED) is 0.321. The highest BCUT2D eigenvalue weighted by Gasteiger charge is 2.25. The molecule has 0 aliphatic heterocycles. The predicted octanol–water partition coefficient (Wildman–Crippen LogP) is 6.32. The lowest BCUT2D eigenvalue weighted by atomic mass is 9.97. The number of methoxy groups -OCH3 is 1. The van der Waals surface area contributed by atoms with Crippen molar-refractivity contribution in [2.45, 2.75) is 52.1 Å². The van der Waals surface area contributed by atoms with E-state index in [2.05, 4.69) is 0 Å². The van der Waals surface area contributed by atoms with Crippen LogP contribution in [0.1, 0.15) is 66.6 Å². The fourth-order valence-electron chi connectivity index (χ4n) is 3.71. The summed E-state index contributed by atoms with van der Waals surface area (Å²) in [7, 11) is 1.29. The van der Waals surface area contributed by atoms with E-state index in [0.29, 0.717) is 23.3 Å². The third-order valence-electron chi connectivity index (χ3n) is 5.42. The number of aromatic hydroxyl groups is 1. The number of carbonyl (C=O) groups excluding carboxylic acids is 1. The van der Waals surface area contributed by atoms with Gasteiger partial charge in [-0.25, -0.2) is 9.18 Å². The van der Waals surface area contributed by atoms with Gasteiger partial charge in [0.1, 0.15) is 22.9 Å². The number of halogens is 1. The normalized spacial score (nSPS) is 14.1. The molecule has 2 aromatic carbocycles. The van der Waals surface area contributed by atoms with E-state index in [1.54, 1.807) is 30.4 Å². The molecule has 0 radical (unpaired) electrons. The Balaban J connectivity index is 2.09. The first kappa shape index (κ1) is 22.6. The number of rotatable bonds is 7. The summed E-state index contributed by atoms with van der Waals surface area (Å²) in [6.07, 6.45) is 10.2. The average Bonchev–Trinajstić information content (AvgIpc) is 3.25. The summed E-state index contributed by atoms with van der Waals surface area (Å²) in [6, 6.07) is 7.81. The average molecular weight is 425 g/mol. The molecular formula is C26H29FO4. The monoisotopic (exact) mass is 424 g/mol. The van der Waals surface area contributed by atoms with E-state index in [1.807, 2.05) is 19.9 Å². The number of hydrogen-bond donors (Lipinski definition) is 1. The maximum atomic E-state index is 13.2. The number of phenolic OH excluding ortho intramolecular Hbond substituents is 1. The van der Waals surface area contributed by atoms with Gasteiger partial charge in [-0.1, -0.05) is 35.9 Å². The molecule has 5 heteroatoms. The van der Waals surface area contributed by atoms with Gasteiger partial charge in [0.25, 0.3) is 0 Å². The zero-order valence-corrected chi connectivity index (χ0v) is 18.3. The van der Waals surface area contributed by atoms with Crippen LogP contribution in [0.2, 0.25) is 0 Å². The lowest BCUT2D eigenvalue weighted by molar-refractivity contribution is 0.0597. The summed E-state index contributed by atoms with van der Waals surface area (Å²) in [5.74, 6) is -0.491. The minimum Gasteiger partial charge on any atom is -0.507 e. The van der Waals surface area contributed by atoms with Gasteiger partial charge in [0, 0.05) is 5.56 Å². The molecule has 1 aliphatic rings. The van der Waals surface area contributed by atoms with Crippen LogP contribution < -0.4 is 4.74 Å². The molecule has 2 aromatic rings. The Kier molecular flexibility index (Phi) is 7.50. The van der Waals surface area contributed by atoms with Crippen molar-refractivity contribution in [2.24, 2.45) is 0 Å². The van der Waals surface area contributed by atoms with Crippen molar-refractivity contribution in [3.63, 3.8) is 0 Å². The van der Waals surface area contributed by atoms with Crippen LogP contribution in [-0.2, 0) is 11.2 Å². The Morgan fingerprint density at radius 3 is 2.45 bits per heavy atom. The fourth-order valence-corrected chi connectivity index (χ4v) is 3.71. The van der Waals surface area contributed by atoms with Crippen LogP contribution >= 0.6 is 0 Å². The summed E-state index contributed by atoms with van der Waals surface area (Å²) < 4.78 is 24.4. The molecule has 31 heavy (non-hydrogen) atoms. The molecule has 0 atom stereocenters. The van der Waals surface area contributed by atoms with Crippen molar-refractivity contribution < 1.29 is 23.8 Å². The predicted molar refractivity (Wildman–Crippen MR) is 121 cm³/mol. The van der Waals surface area contributed by atoms with E-state index in [-0.39, 0.29) is 23.2 Å². The van der Waals surface area contributed by atoms with E-state index < -0.39 is 5.97 Å². The first-order valence-corrected chi connectivity index (χ1v) is 10.6. The molecule has 3 rings (SSSR count). The summed E-state index contributed by atoms with van der Waals surface area (Å²) >= 11 is 0. The zero-order chi connectivity index (χ0) is 22.4. The van der Waals surface area contributed by atoms with Crippen LogP contribution in [0.15, 0.2) is 42.0 Å². The first-order valence-electron chi connectivity index (χ1n) is 10.6. The molecule has 0 saturated heterocycles. The highest BCUT2D eigenvalue weighted by atomic mass is 19.1. The summed E-state index contributed by atoms with van der Waals surface area (Å²) in [4.78, 5) is 12.5. The molecule has 4 nitrogen and oxygen atoms in total. The molecule has 0 aromatic heterocycles. The Hall–Kier alpha value is -3.08. The smallest absolute Gasteiger partial charge is 0.342 e. The van der Waals surface area contributed by atoms with Crippen LogP contribution in [0.5, 0.6) is 11.5 Å². The maximum absolute atomic E-state index is 13.2. The topological polar surface area (TPSA) is 55.8 Å².